The van der Waals surface area contributed by atoms with Gasteiger partial charge in [-0.1, -0.05) is 12.1 Å². The van der Waals surface area contributed by atoms with Crippen LogP contribution >= 0.6 is 0 Å². The number of rotatable bonds is 6. The van der Waals surface area contributed by atoms with E-state index in [1.807, 2.05) is 43.3 Å². The van der Waals surface area contributed by atoms with Crippen molar-refractivity contribution in [1.82, 2.24) is 5.32 Å². The van der Waals surface area contributed by atoms with E-state index in [0.717, 1.165) is 11.3 Å². The van der Waals surface area contributed by atoms with E-state index in [0.29, 0.717) is 6.54 Å². The van der Waals surface area contributed by atoms with E-state index in [4.69, 9.17) is 5.73 Å². The number of esters is 1. The average molecular weight is 279 g/mol. The van der Waals surface area contributed by atoms with Gasteiger partial charge in [-0.05, 0) is 24.6 Å². The Balaban J connectivity index is 2.50. The number of benzene rings is 1. The lowest BCUT2D eigenvalue weighted by molar-refractivity contribution is -0.148. The molecule has 1 aromatic rings. The van der Waals surface area contributed by atoms with Gasteiger partial charge in [0.05, 0.1) is 6.61 Å². The minimum Gasteiger partial charge on any atom is -0.464 e. The lowest BCUT2D eigenvalue weighted by atomic mass is 10.2. The quantitative estimate of drug-likeness (QED) is 0.576. The highest BCUT2D eigenvalue weighted by Crippen LogP contribution is 2.11. The molecule has 1 unspecified atom stereocenters. The molecule has 0 heterocycles. The number of nitrogens with two attached hydrogens (primary N) is 1. The Kier molecular flexibility index (Phi) is 5.99. The van der Waals surface area contributed by atoms with Gasteiger partial charge in [-0.3, -0.25) is 4.79 Å². The Bertz CT molecular complexity index is 457. The number of nitrogens with one attached hydrogen (secondary N) is 1. The third-order valence-corrected chi connectivity index (χ3v) is 2.74. The molecule has 3 N–H and O–H groups in total. The second kappa shape index (κ2) is 7.49. The van der Waals surface area contributed by atoms with Crippen LogP contribution in [0.15, 0.2) is 24.3 Å². The van der Waals surface area contributed by atoms with Crippen LogP contribution in [0.4, 0.5) is 5.69 Å². The van der Waals surface area contributed by atoms with Crippen molar-refractivity contribution in [3.05, 3.63) is 29.8 Å². The van der Waals surface area contributed by atoms with Crippen molar-refractivity contribution in [2.75, 3.05) is 25.6 Å². The molecule has 6 nitrogen and oxygen atoms in total. The van der Waals surface area contributed by atoms with Crippen LogP contribution in [-0.2, 0) is 20.9 Å². The van der Waals surface area contributed by atoms with Crippen molar-refractivity contribution in [3.63, 3.8) is 0 Å². The smallest absolute Gasteiger partial charge is 0.332 e. The fraction of sp³-hybridized carbons (Fsp3) is 0.429. The van der Waals surface area contributed by atoms with E-state index in [2.05, 4.69) is 10.1 Å². The van der Waals surface area contributed by atoms with Crippen molar-refractivity contribution in [2.45, 2.75) is 19.5 Å². The van der Waals surface area contributed by atoms with Crippen molar-refractivity contribution in [1.29, 1.82) is 0 Å². The van der Waals surface area contributed by atoms with Gasteiger partial charge < -0.3 is 20.7 Å². The molecule has 0 spiro atoms. The lowest BCUT2D eigenvalue weighted by Gasteiger charge is -2.14. The molecule has 1 aromatic carbocycles. The molecule has 20 heavy (non-hydrogen) atoms. The van der Waals surface area contributed by atoms with E-state index in [-0.39, 0.29) is 6.61 Å². The molecule has 0 aliphatic rings. The summed E-state index contributed by atoms with van der Waals surface area (Å²) in [6, 6.07) is 6.44. The van der Waals surface area contributed by atoms with Crippen LogP contribution < -0.4 is 16.0 Å². The van der Waals surface area contributed by atoms with Crippen molar-refractivity contribution in [3.8, 4) is 0 Å². The largest absolute Gasteiger partial charge is 0.464 e. The summed E-state index contributed by atoms with van der Waals surface area (Å²) in [5.74, 6) is -1.26. The number of anilines is 1. The van der Waals surface area contributed by atoms with Crippen LogP contribution in [0.25, 0.3) is 0 Å². The summed E-state index contributed by atoms with van der Waals surface area (Å²) >= 11 is 0. The molecular weight excluding hydrogens is 258 g/mol. The Morgan fingerprint density at radius 3 is 2.40 bits per heavy atom. The first-order valence-electron chi connectivity index (χ1n) is 6.42. The first kappa shape index (κ1) is 16.0. The molecule has 0 radical (unpaired) electrons. The number of carbonyl (C=O) groups is 2. The zero-order valence-electron chi connectivity index (χ0n) is 12.1. The monoisotopic (exact) mass is 279 g/mol. The Morgan fingerprint density at radius 2 is 1.90 bits per heavy atom. The van der Waals surface area contributed by atoms with E-state index >= 15 is 0 Å². The lowest BCUT2D eigenvalue weighted by Crippen LogP contribution is -2.46. The standard InChI is InChI=1S/C14H21N3O3/c1-4-20-14(19)12(15)13(18)16-9-10-5-7-11(8-6-10)17(2)3/h5-8,12H,4,9,15H2,1-3H3,(H,16,18). The molecule has 1 rings (SSSR count). The Morgan fingerprint density at radius 1 is 1.30 bits per heavy atom. The van der Waals surface area contributed by atoms with Gasteiger partial charge in [0, 0.05) is 26.3 Å². The fourth-order valence-corrected chi connectivity index (χ4v) is 1.55. The minimum absolute atomic E-state index is 0.200. The summed E-state index contributed by atoms with van der Waals surface area (Å²) in [7, 11) is 3.91. The van der Waals surface area contributed by atoms with E-state index < -0.39 is 17.9 Å². The zero-order chi connectivity index (χ0) is 15.1. The summed E-state index contributed by atoms with van der Waals surface area (Å²) in [4.78, 5) is 24.9. The highest BCUT2D eigenvalue weighted by Gasteiger charge is 2.22. The van der Waals surface area contributed by atoms with E-state index in [9.17, 15) is 9.59 Å². The molecular formula is C14H21N3O3. The number of ether oxygens (including phenoxy) is 1. The van der Waals surface area contributed by atoms with Crippen molar-refractivity contribution in [2.24, 2.45) is 5.73 Å². The van der Waals surface area contributed by atoms with Crippen molar-refractivity contribution >= 4 is 17.6 Å². The average Bonchev–Trinajstić information content (AvgIpc) is 2.44. The first-order chi connectivity index (χ1) is 9.45. The predicted octanol–water partition coefficient (Wildman–Crippen LogP) is 0.259. The summed E-state index contributed by atoms with van der Waals surface area (Å²) in [6.45, 7) is 2.18. The first-order valence-corrected chi connectivity index (χ1v) is 6.42. The van der Waals surface area contributed by atoms with Crippen LogP contribution in [0, 0.1) is 0 Å². The second-order valence-corrected chi connectivity index (χ2v) is 4.51. The van der Waals surface area contributed by atoms with Gasteiger partial charge >= 0.3 is 5.97 Å². The third-order valence-electron chi connectivity index (χ3n) is 2.74. The second-order valence-electron chi connectivity index (χ2n) is 4.51. The van der Waals surface area contributed by atoms with E-state index in [1.165, 1.54) is 0 Å². The van der Waals surface area contributed by atoms with Gasteiger partial charge in [0.2, 0.25) is 5.91 Å². The van der Waals surface area contributed by atoms with Gasteiger partial charge in [0.1, 0.15) is 0 Å². The van der Waals surface area contributed by atoms with Gasteiger partial charge in [0.25, 0.3) is 0 Å². The van der Waals surface area contributed by atoms with E-state index in [1.54, 1.807) is 6.92 Å². The molecule has 1 atom stereocenters. The Hall–Kier alpha value is -2.08. The summed E-state index contributed by atoms with van der Waals surface area (Å²) < 4.78 is 4.69. The van der Waals surface area contributed by atoms with Crippen LogP contribution in [0.3, 0.4) is 0 Å². The van der Waals surface area contributed by atoms with Crippen LogP contribution in [-0.4, -0.2) is 38.6 Å². The van der Waals surface area contributed by atoms with Crippen LogP contribution in [0.1, 0.15) is 12.5 Å². The predicted molar refractivity (Wildman–Crippen MR) is 77.2 cm³/mol. The molecule has 0 saturated heterocycles. The number of carbonyl (C=O) groups excluding carboxylic acids is 2. The molecule has 0 saturated carbocycles. The minimum atomic E-state index is -1.28. The number of amides is 1. The highest BCUT2D eigenvalue weighted by molar-refractivity contribution is 6.01. The maximum absolute atomic E-state index is 11.7. The highest BCUT2D eigenvalue weighted by atomic mass is 16.5. The number of hydrogen-bond acceptors (Lipinski definition) is 5. The van der Waals surface area contributed by atoms with Gasteiger partial charge in [0.15, 0.2) is 6.04 Å². The molecule has 6 heteroatoms. The molecule has 110 valence electrons. The zero-order valence-corrected chi connectivity index (χ0v) is 12.1. The van der Waals surface area contributed by atoms with Gasteiger partial charge in [-0.25, -0.2) is 4.79 Å². The SMILES string of the molecule is CCOC(=O)C(N)C(=O)NCc1ccc(N(C)C)cc1. The third kappa shape index (κ3) is 4.55. The fourth-order valence-electron chi connectivity index (χ4n) is 1.55. The molecule has 0 fully saturated rings. The van der Waals surface area contributed by atoms with Crippen LogP contribution in [0.5, 0.6) is 0 Å². The molecule has 1 amide bonds. The summed E-state index contributed by atoms with van der Waals surface area (Å²) in [6.07, 6.45) is 0. The topological polar surface area (TPSA) is 84.7 Å². The Labute approximate surface area is 118 Å². The molecule has 0 bridgehead atoms. The molecule has 0 aliphatic carbocycles. The number of hydrogen-bond donors (Lipinski definition) is 2. The van der Waals surface area contributed by atoms with Gasteiger partial charge in [-0.2, -0.15) is 0 Å². The van der Waals surface area contributed by atoms with Crippen molar-refractivity contribution < 1.29 is 14.3 Å². The maximum Gasteiger partial charge on any atom is 0.332 e. The normalized spacial score (nSPS) is 11.6. The summed E-state index contributed by atoms with van der Waals surface area (Å²) in [5.41, 5.74) is 7.48. The maximum atomic E-state index is 11.7. The summed E-state index contributed by atoms with van der Waals surface area (Å²) in [5, 5.41) is 2.61. The molecule has 0 aliphatic heterocycles. The number of nitrogens with zero attached hydrogens (tertiary/aromatic N) is 1. The van der Waals surface area contributed by atoms with Crippen LogP contribution in [0.2, 0.25) is 0 Å². The molecule has 0 aromatic heterocycles. The van der Waals surface area contributed by atoms with Gasteiger partial charge in [-0.15, -0.1) is 0 Å².